The minimum atomic E-state index is -0.0866. The molecule has 6 aliphatic rings. The van der Waals surface area contributed by atoms with Crippen LogP contribution in [0.5, 0.6) is 0 Å². The maximum Gasteiger partial charge on any atom is 0.252 e. The molecule has 7 aromatic rings. The lowest BCUT2D eigenvalue weighted by molar-refractivity contribution is 0.194. The van der Waals surface area contributed by atoms with Crippen LogP contribution < -0.4 is 31.1 Å². The smallest absolute Gasteiger partial charge is 0.252 e. The zero-order chi connectivity index (χ0) is 45.0. The molecule has 328 valence electrons. The number of benzene rings is 7. The van der Waals surface area contributed by atoms with Crippen molar-refractivity contribution < 1.29 is 0 Å². The Morgan fingerprint density at radius 2 is 1.00 bits per heavy atom. The molecule has 2 aliphatic carbocycles. The second kappa shape index (κ2) is 13.8. The summed E-state index contributed by atoms with van der Waals surface area (Å²) in [6, 6.07) is 58.8. The van der Waals surface area contributed by atoms with E-state index in [1.54, 1.807) is 5.56 Å². The molecule has 0 radical (unpaired) electrons. The Kier molecular flexibility index (Phi) is 8.42. The van der Waals surface area contributed by atoms with Crippen LogP contribution in [0.3, 0.4) is 0 Å². The van der Waals surface area contributed by atoms with Gasteiger partial charge in [-0.05, 0) is 137 Å². The molecule has 2 saturated carbocycles. The molecule has 0 saturated heterocycles. The summed E-state index contributed by atoms with van der Waals surface area (Å²) >= 11 is 0. The normalized spacial score (nSPS) is 25.4. The van der Waals surface area contributed by atoms with Gasteiger partial charge in [0.1, 0.15) is 0 Å². The van der Waals surface area contributed by atoms with Crippen LogP contribution in [0.15, 0.2) is 152 Å². The van der Waals surface area contributed by atoms with E-state index in [2.05, 4.69) is 215 Å². The number of rotatable bonds is 4. The molecule has 4 unspecified atom stereocenters. The molecule has 0 N–H and O–H groups in total. The molecular weight excluding hydrogens is 798 g/mol. The van der Waals surface area contributed by atoms with Gasteiger partial charge in [0, 0.05) is 50.6 Å². The molecule has 7 aromatic carbocycles. The van der Waals surface area contributed by atoms with Crippen molar-refractivity contribution in [2.24, 2.45) is 0 Å². The highest BCUT2D eigenvalue weighted by Crippen LogP contribution is 2.65. The molecule has 66 heavy (non-hydrogen) atoms. The zero-order valence-corrected chi connectivity index (χ0v) is 40.0. The van der Waals surface area contributed by atoms with Gasteiger partial charge in [-0.25, -0.2) is 0 Å². The molecule has 0 bridgehead atoms. The molecule has 13 rings (SSSR count). The van der Waals surface area contributed by atoms with E-state index in [1.165, 1.54) is 141 Å². The maximum atomic E-state index is 2.94. The third-order valence-corrected chi connectivity index (χ3v) is 18.5. The lowest BCUT2D eigenvalue weighted by Crippen LogP contribution is -2.64. The van der Waals surface area contributed by atoms with Crippen LogP contribution in [0.25, 0.3) is 22.3 Å². The standard InChI is InChI=1S/C62H62BN3/c1-58(2,3)45-37-49-57-51(38-45)63-50-36-44(42-22-12-9-13-23-42)28-31-53(50)64(46-29-26-43(27-30-46)41-20-10-8-11-21-41)54-39-47(40-55(56(54)63)66(57)62(7)35-19-17-33-60(49,62)5)65-52-25-15-14-24-48(52)59(4)32-16-18-34-61(59,65)6/h8-15,20-31,36-40H,16-19,32-35H2,1-7H3. The molecule has 0 aromatic heterocycles. The third-order valence-electron chi connectivity index (χ3n) is 18.5. The number of hydrogen-bond acceptors (Lipinski definition) is 3. The summed E-state index contributed by atoms with van der Waals surface area (Å²) in [5.74, 6) is 0. The van der Waals surface area contributed by atoms with Gasteiger partial charge in [0.05, 0.1) is 11.1 Å². The van der Waals surface area contributed by atoms with Gasteiger partial charge in [0.15, 0.2) is 0 Å². The van der Waals surface area contributed by atoms with Crippen LogP contribution in [-0.4, -0.2) is 17.8 Å². The Bertz CT molecular complexity index is 3110. The second-order valence-corrected chi connectivity index (χ2v) is 22.7. The summed E-state index contributed by atoms with van der Waals surface area (Å²) in [6.45, 7) is 17.8. The highest BCUT2D eigenvalue weighted by Gasteiger charge is 2.63. The van der Waals surface area contributed by atoms with Gasteiger partial charge >= 0.3 is 0 Å². The van der Waals surface area contributed by atoms with Crippen LogP contribution >= 0.6 is 0 Å². The van der Waals surface area contributed by atoms with Gasteiger partial charge in [0.25, 0.3) is 6.71 Å². The third kappa shape index (κ3) is 5.22. The molecule has 4 aliphatic heterocycles. The Morgan fingerprint density at radius 1 is 0.439 bits per heavy atom. The van der Waals surface area contributed by atoms with Crippen molar-refractivity contribution in [1.82, 2.24) is 0 Å². The minimum absolute atomic E-state index is 0.00279. The second-order valence-electron chi connectivity index (χ2n) is 22.7. The molecule has 4 heteroatoms. The van der Waals surface area contributed by atoms with Crippen molar-refractivity contribution in [1.29, 1.82) is 0 Å². The molecule has 4 atom stereocenters. The van der Waals surface area contributed by atoms with E-state index in [-0.39, 0.29) is 34.0 Å². The predicted molar refractivity (Wildman–Crippen MR) is 281 cm³/mol. The first-order chi connectivity index (χ1) is 31.8. The molecular formula is C62H62BN3. The summed E-state index contributed by atoms with van der Waals surface area (Å²) in [4.78, 5) is 8.42. The van der Waals surface area contributed by atoms with E-state index in [0.29, 0.717) is 0 Å². The molecule has 2 fully saturated rings. The monoisotopic (exact) mass is 860 g/mol. The predicted octanol–water partition coefficient (Wildman–Crippen LogP) is 14.4. The van der Waals surface area contributed by atoms with E-state index in [4.69, 9.17) is 0 Å². The van der Waals surface area contributed by atoms with Gasteiger partial charge in [-0.1, -0.05) is 176 Å². The topological polar surface area (TPSA) is 9.72 Å². The van der Waals surface area contributed by atoms with E-state index in [9.17, 15) is 0 Å². The molecule has 0 spiro atoms. The number of anilines is 7. The fraction of sp³-hybridized carbons (Fsp3) is 0.323. The van der Waals surface area contributed by atoms with E-state index in [0.717, 1.165) is 0 Å². The summed E-state index contributed by atoms with van der Waals surface area (Å²) in [7, 11) is 0. The number of fused-ring (bicyclic) bond motifs is 10. The fourth-order valence-corrected chi connectivity index (χ4v) is 14.5. The Balaban J connectivity index is 1.15. The zero-order valence-electron chi connectivity index (χ0n) is 40.0. The van der Waals surface area contributed by atoms with Crippen molar-refractivity contribution in [3.8, 4) is 22.3 Å². The van der Waals surface area contributed by atoms with Crippen LogP contribution in [-0.2, 0) is 16.2 Å². The van der Waals surface area contributed by atoms with Crippen molar-refractivity contribution in [2.45, 2.75) is 127 Å². The molecule has 0 amide bonds. The van der Waals surface area contributed by atoms with Crippen LogP contribution in [0.4, 0.5) is 39.8 Å². The number of para-hydroxylation sites is 1. The first-order valence-corrected chi connectivity index (χ1v) is 25.1. The average Bonchev–Trinajstić information content (AvgIpc) is 3.68. The van der Waals surface area contributed by atoms with Crippen LogP contribution in [0, 0.1) is 0 Å². The Labute approximate surface area is 393 Å². The van der Waals surface area contributed by atoms with Gasteiger partial charge < -0.3 is 14.7 Å². The van der Waals surface area contributed by atoms with Gasteiger partial charge in [-0.3, -0.25) is 0 Å². The first-order valence-electron chi connectivity index (χ1n) is 25.1. The van der Waals surface area contributed by atoms with Gasteiger partial charge in [0.2, 0.25) is 0 Å². The fourth-order valence-electron chi connectivity index (χ4n) is 14.5. The average molecular weight is 860 g/mol. The van der Waals surface area contributed by atoms with E-state index in [1.807, 2.05) is 0 Å². The SMILES string of the molecule is CC(C)(C)c1cc2c3c(c1)C1(C)CCCCC1(C)N3c1cc(N3c4ccccc4C4(C)CCCCC34C)cc3c1B2c1cc(-c2ccccc2)ccc1N3c1ccc(-c2ccccc2)cc1. The number of nitrogens with zero attached hydrogens (tertiary/aromatic N) is 3. The van der Waals surface area contributed by atoms with E-state index < -0.39 is 0 Å². The molecule has 3 nitrogen and oxygen atoms in total. The van der Waals surface area contributed by atoms with Crippen molar-refractivity contribution in [3.63, 3.8) is 0 Å². The van der Waals surface area contributed by atoms with Gasteiger partial charge in [-0.15, -0.1) is 0 Å². The van der Waals surface area contributed by atoms with Crippen LogP contribution in [0.1, 0.15) is 117 Å². The Morgan fingerprint density at radius 3 is 1.68 bits per heavy atom. The summed E-state index contributed by atoms with van der Waals surface area (Å²) in [5, 5.41) is 0. The largest absolute Gasteiger partial charge is 0.335 e. The first kappa shape index (κ1) is 40.3. The maximum absolute atomic E-state index is 2.94. The minimum Gasteiger partial charge on any atom is -0.335 e. The summed E-state index contributed by atoms with van der Waals surface area (Å²) in [6.07, 6.45) is 9.82. The van der Waals surface area contributed by atoms with Gasteiger partial charge in [-0.2, -0.15) is 0 Å². The highest BCUT2D eigenvalue weighted by molar-refractivity contribution is 7.00. The summed E-state index contributed by atoms with van der Waals surface area (Å²) in [5.41, 5.74) is 23.2. The highest BCUT2D eigenvalue weighted by atomic mass is 15.3. The Hall–Kier alpha value is -6.00. The van der Waals surface area contributed by atoms with Crippen LogP contribution in [0.2, 0.25) is 0 Å². The lowest BCUT2D eigenvalue weighted by atomic mass is 9.33. The lowest BCUT2D eigenvalue weighted by Gasteiger charge is -2.53. The van der Waals surface area contributed by atoms with Crippen molar-refractivity contribution in [3.05, 3.63) is 168 Å². The quantitative estimate of drug-likeness (QED) is 0.163. The number of hydrogen-bond donors (Lipinski definition) is 0. The van der Waals surface area contributed by atoms with Crippen molar-refractivity contribution in [2.75, 3.05) is 14.7 Å². The van der Waals surface area contributed by atoms with E-state index >= 15 is 0 Å². The van der Waals surface area contributed by atoms with Crippen molar-refractivity contribution >= 4 is 62.9 Å². The molecule has 4 heterocycles. The summed E-state index contributed by atoms with van der Waals surface area (Å²) < 4.78 is 0.